The third-order valence-electron chi connectivity index (χ3n) is 5.14. The summed E-state index contributed by atoms with van der Waals surface area (Å²) >= 11 is 0. The lowest BCUT2D eigenvalue weighted by atomic mass is 10.2. The van der Waals surface area contributed by atoms with E-state index in [1.807, 2.05) is 43.3 Å². The van der Waals surface area contributed by atoms with Crippen LogP contribution in [0.5, 0.6) is 17.2 Å². The predicted molar refractivity (Wildman–Crippen MR) is 130 cm³/mol. The number of aryl methyl sites for hydroxylation is 1. The van der Waals surface area contributed by atoms with Gasteiger partial charge in [0.15, 0.2) is 17.3 Å². The number of amides is 1. The zero-order chi connectivity index (χ0) is 23.9. The first-order valence-electron chi connectivity index (χ1n) is 10.6. The largest absolute Gasteiger partial charge is 0.497 e. The van der Waals surface area contributed by atoms with Crippen molar-refractivity contribution in [2.75, 3.05) is 14.2 Å². The van der Waals surface area contributed by atoms with Crippen LogP contribution >= 0.6 is 0 Å². The summed E-state index contributed by atoms with van der Waals surface area (Å²) in [5.74, 6) is 1.88. The number of ether oxygens (including phenoxy) is 3. The zero-order valence-electron chi connectivity index (χ0n) is 19.1. The fourth-order valence-corrected chi connectivity index (χ4v) is 3.41. The SMILES string of the molecule is COc1ccc(C(=O)N/N=C/c2cccc(OC)c2OCc2nc(C)c3ccccc3n2)cc1. The number of carbonyl (C=O) groups is 1. The highest BCUT2D eigenvalue weighted by Crippen LogP contribution is 2.30. The number of hydrazone groups is 1. The number of nitrogens with one attached hydrogen (secondary N) is 1. The molecule has 0 saturated carbocycles. The number of aromatic nitrogens is 2. The van der Waals surface area contributed by atoms with Gasteiger partial charge in [-0.25, -0.2) is 15.4 Å². The molecule has 0 fully saturated rings. The molecular weight excluding hydrogens is 432 g/mol. The molecule has 8 heteroatoms. The van der Waals surface area contributed by atoms with Crippen LogP contribution in [0.25, 0.3) is 10.9 Å². The normalized spacial score (nSPS) is 10.9. The van der Waals surface area contributed by atoms with Crippen molar-refractivity contribution in [2.24, 2.45) is 5.10 Å². The molecule has 0 aliphatic carbocycles. The van der Waals surface area contributed by atoms with Gasteiger partial charge in [-0.2, -0.15) is 5.10 Å². The first-order valence-corrected chi connectivity index (χ1v) is 10.6. The van der Waals surface area contributed by atoms with E-state index in [1.54, 1.807) is 44.6 Å². The minimum Gasteiger partial charge on any atom is -0.497 e. The number of carbonyl (C=O) groups excluding carboxylic acids is 1. The smallest absolute Gasteiger partial charge is 0.271 e. The van der Waals surface area contributed by atoms with Crippen molar-refractivity contribution in [1.82, 2.24) is 15.4 Å². The summed E-state index contributed by atoms with van der Waals surface area (Å²) < 4.78 is 16.6. The molecule has 1 amide bonds. The van der Waals surface area contributed by atoms with Crippen molar-refractivity contribution in [1.29, 1.82) is 0 Å². The number of hydrogen-bond acceptors (Lipinski definition) is 7. The molecule has 0 spiro atoms. The molecule has 172 valence electrons. The fraction of sp³-hybridized carbons (Fsp3) is 0.154. The number of hydrogen-bond donors (Lipinski definition) is 1. The van der Waals surface area contributed by atoms with Crippen molar-refractivity contribution in [2.45, 2.75) is 13.5 Å². The van der Waals surface area contributed by atoms with E-state index in [0.717, 1.165) is 16.6 Å². The highest BCUT2D eigenvalue weighted by atomic mass is 16.5. The molecule has 1 aromatic heterocycles. The Morgan fingerprint density at radius 2 is 1.76 bits per heavy atom. The van der Waals surface area contributed by atoms with Crippen LogP contribution in [0.4, 0.5) is 0 Å². The summed E-state index contributed by atoms with van der Waals surface area (Å²) in [5.41, 5.74) is 5.35. The van der Waals surface area contributed by atoms with E-state index in [1.165, 1.54) is 6.21 Å². The summed E-state index contributed by atoms with van der Waals surface area (Å²) in [6.45, 7) is 2.09. The molecule has 0 aliphatic heterocycles. The highest BCUT2D eigenvalue weighted by molar-refractivity contribution is 5.95. The second-order valence-electron chi connectivity index (χ2n) is 7.34. The van der Waals surface area contributed by atoms with Crippen LogP contribution in [0.15, 0.2) is 71.8 Å². The first kappa shape index (κ1) is 22.7. The van der Waals surface area contributed by atoms with Gasteiger partial charge in [0.05, 0.1) is 26.0 Å². The van der Waals surface area contributed by atoms with Crippen molar-refractivity contribution in [3.63, 3.8) is 0 Å². The van der Waals surface area contributed by atoms with E-state index in [-0.39, 0.29) is 12.5 Å². The molecule has 0 saturated heterocycles. The molecule has 1 heterocycles. The van der Waals surface area contributed by atoms with E-state index >= 15 is 0 Å². The molecule has 3 aromatic carbocycles. The van der Waals surface area contributed by atoms with Gasteiger partial charge >= 0.3 is 0 Å². The molecule has 34 heavy (non-hydrogen) atoms. The van der Waals surface area contributed by atoms with E-state index in [4.69, 9.17) is 14.2 Å². The quantitative estimate of drug-likeness (QED) is 0.314. The Balaban J connectivity index is 1.50. The van der Waals surface area contributed by atoms with Crippen LogP contribution < -0.4 is 19.6 Å². The number of benzene rings is 3. The Kier molecular flexibility index (Phi) is 6.98. The van der Waals surface area contributed by atoms with Crippen molar-refractivity contribution in [3.8, 4) is 17.2 Å². The average molecular weight is 457 g/mol. The Hall–Kier alpha value is -4.46. The summed E-state index contributed by atoms with van der Waals surface area (Å²) in [5, 5.41) is 5.09. The van der Waals surface area contributed by atoms with Crippen molar-refractivity contribution in [3.05, 3.63) is 89.4 Å². The molecule has 0 atom stereocenters. The Morgan fingerprint density at radius 1 is 0.971 bits per heavy atom. The van der Waals surface area contributed by atoms with E-state index in [9.17, 15) is 4.79 Å². The Labute approximate surface area is 197 Å². The summed E-state index contributed by atoms with van der Waals surface area (Å²) in [7, 11) is 3.13. The Bertz CT molecular complexity index is 1340. The monoisotopic (exact) mass is 456 g/mol. The summed E-state index contributed by atoms with van der Waals surface area (Å²) in [6.07, 6.45) is 1.51. The number of methoxy groups -OCH3 is 2. The Morgan fingerprint density at radius 3 is 2.53 bits per heavy atom. The van der Waals surface area contributed by atoms with E-state index in [0.29, 0.717) is 34.2 Å². The molecule has 0 radical (unpaired) electrons. The highest BCUT2D eigenvalue weighted by Gasteiger charge is 2.12. The first-order chi connectivity index (χ1) is 16.6. The zero-order valence-corrected chi connectivity index (χ0v) is 19.1. The second kappa shape index (κ2) is 10.4. The number of rotatable bonds is 8. The lowest BCUT2D eigenvalue weighted by molar-refractivity contribution is 0.0955. The lowest BCUT2D eigenvalue weighted by Gasteiger charge is -2.13. The third-order valence-corrected chi connectivity index (χ3v) is 5.14. The van der Waals surface area contributed by atoms with Gasteiger partial charge in [0.2, 0.25) is 0 Å². The average Bonchev–Trinajstić information content (AvgIpc) is 2.87. The number of nitrogens with zero attached hydrogens (tertiary/aromatic N) is 3. The molecule has 8 nitrogen and oxygen atoms in total. The van der Waals surface area contributed by atoms with E-state index in [2.05, 4.69) is 20.5 Å². The topological polar surface area (TPSA) is 94.9 Å². The minimum atomic E-state index is -0.343. The summed E-state index contributed by atoms with van der Waals surface area (Å²) in [6, 6.07) is 20.0. The van der Waals surface area contributed by atoms with E-state index < -0.39 is 0 Å². The molecule has 1 N–H and O–H groups in total. The predicted octanol–water partition coefficient (Wildman–Crippen LogP) is 4.30. The van der Waals surface area contributed by atoms with Gasteiger partial charge in [0.25, 0.3) is 5.91 Å². The molecule has 0 aliphatic rings. The molecular formula is C26H24N4O4. The standard InChI is InChI=1S/C26H24N4O4/c1-17-21-8-4-5-9-22(21)29-24(28-17)16-34-25-19(7-6-10-23(25)33-3)15-27-30-26(31)18-11-13-20(32-2)14-12-18/h4-15H,16H2,1-3H3,(H,30,31)/b27-15+. The van der Waals surface area contributed by atoms with Gasteiger partial charge in [-0.15, -0.1) is 0 Å². The van der Waals surface area contributed by atoms with Crippen LogP contribution in [0.1, 0.15) is 27.4 Å². The van der Waals surface area contributed by atoms with Gasteiger partial charge in [-0.1, -0.05) is 24.3 Å². The molecule has 0 unspecified atom stereocenters. The molecule has 4 aromatic rings. The van der Waals surface area contributed by atoms with Crippen LogP contribution in [0.3, 0.4) is 0 Å². The van der Waals surface area contributed by atoms with Crippen molar-refractivity contribution < 1.29 is 19.0 Å². The maximum atomic E-state index is 12.4. The van der Waals surface area contributed by atoms with Gasteiger partial charge in [-0.05, 0) is 49.4 Å². The van der Waals surface area contributed by atoms with Gasteiger partial charge < -0.3 is 14.2 Å². The van der Waals surface area contributed by atoms with Crippen LogP contribution in [0.2, 0.25) is 0 Å². The molecule has 0 bridgehead atoms. The van der Waals surface area contributed by atoms with Crippen molar-refractivity contribution >= 4 is 23.0 Å². The third kappa shape index (κ3) is 5.12. The number of para-hydroxylation sites is 2. The maximum absolute atomic E-state index is 12.4. The fourth-order valence-electron chi connectivity index (χ4n) is 3.41. The van der Waals surface area contributed by atoms with Gasteiger partial charge in [0.1, 0.15) is 12.4 Å². The van der Waals surface area contributed by atoms with Gasteiger partial charge in [-0.3, -0.25) is 4.79 Å². The van der Waals surface area contributed by atoms with Crippen LogP contribution in [-0.4, -0.2) is 36.3 Å². The number of fused-ring (bicyclic) bond motifs is 1. The van der Waals surface area contributed by atoms with Gasteiger partial charge in [0, 0.05) is 22.2 Å². The summed E-state index contributed by atoms with van der Waals surface area (Å²) in [4.78, 5) is 21.5. The van der Waals surface area contributed by atoms with Crippen LogP contribution in [-0.2, 0) is 6.61 Å². The van der Waals surface area contributed by atoms with Crippen LogP contribution in [0, 0.1) is 6.92 Å². The lowest BCUT2D eigenvalue weighted by Crippen LogP contribution is -2.17. The second-order valence-corrected chi connectivity index (χ2v) is 7.34. The minimum absolute atomic E-state index is 0.144. The maximum Gasteiger partial charge on any atom is 0.271 e. The molecule has 4 rings (SSSR count).